The highest BCUT2D eigenvalue weighted by atomic mass is 32.2. The highest BCUT2D eigenvalue weighted by Gasteiger charge is 2.11. The molecule has 0 aliphatic carbocycles. The van der Waals surface area contributed by atoms with E-state index in [1.54, 1.807) is 18.6 Å². The molecular formula is C13H12N4O2S. The second kappa shape index (κ2) is 4.68. The minimum Gasteiger partial charge on any atom is -0.346 e. The normalized spacial score (nSPS) is 11.8. The first-order chi connectivity index (χ1) is 9.54. The van der Waals surface area contributed by atoms with Crippen LogP contribution in [0.2, 0.25) is 0 Å². The third kappa shape index (κ3) is 2.39. The fourth-order valence-electron chi connectivity index (χ4n) is 2.00. The van der Waals surface area contributed by atoms with Gasteiger partial charge in [-0.15, -0.1) is 0 Å². The Morgan fingerprint density at radius 1 is 1.20 bits per heavy atom. The zero-order valence-corrected chi connectivity index (χ0v) is 11.6. The fourth-order valence-corrected chi connectivity index (χ4v) is 2.49. The van der Waals surface area contributed by atoms with Crippen molar-refractivity contribution >= 4 is 20.9 Å². The van der Waals surface area contributed by atoms with Crippen molar-refractivity contribution in [1.82, 2.24) is 19.9 Å². The first-order valence-corrected chi connectivity index (χ1v) is 7.85. The van der Waals surface area contributed by atoms with Crippen molar-refractivity contribution in [3.8, 4) is 0 Å². The van der Waals surface area contributed by atoms with Gasteiger partial charge in [0, 0.05) is 42.9 Å². The first kappa shape index (κ1) is 12.7. The van der Waals surface area contributed by atoms with Gasteiger partial charge in [-0.2, -0.15) is 0 Å². The van der Waals surface area contributed by atoms with E-state index >= 15 is 0 Å². The molecule has 0 aliphatic rings. The van der Waals surface area contributed by atoms with Crippen molar-refractivity contribution in [2.45, 2.75) is 11.6 Å². The summed E-state index contributed by atoms with van der Waals surface area (Å²) < 4.78 is 22.6. The maximum Gasteiger partial charge on any atom is 0.246 e. The average molecular weight is 288 g/mol. The van der Waals surface area contributed by atoms with E-state index in [0.717, 1.165) is 28.4 Å². The number of H-pyrrole nitrogens is 1. The summed E-state index contributed by atoms with van der Waals surface area (Å²) in [6.45, 7) is 0. The van der Waals surface area contributed by atoms with Gasteiger partial charge in [0.25, 0.3) is 0 Å². The Labute approximate surface area is 115 Å². The van der Waals surface area contributed by atoms with Crippen LogP contribution in [-0.4, -0.2) is 34.6 Å². The molecule has 3 aromatic rings. The minimum absolute atomic E-state index is 0.151. The lowest BCUT2D eigenvalue weighted by atomic mass is 10.1. The number of aromatic nitrogens is 4. The third-order valence-electron chi connectivity index (χ3n) is 2.94. The van der Waals surface area contributed by atoms with E-state index in [0.29, 0.717) is 6.42 Å². The van der Waals surface area contributed by atoms with Gasteiger partial charge in [0.2, 0.25) is 15.0 Å². The van der Waals surface area contributed by atoms with Crippen LogP contribution in [0.25, 0.3) is 11.0 Å². The molecule has 102 valence electrons. The number of sulfone groups is 1. The molecule has 0 fully saturated rings. The van der Waals surface area contributed by atoms with Gasteiger partial charge in [0.15, 0.2) is 0 Å². The van der Waals surface area contributed by atoms with Crippen molar-refractivity contribution < 1.29 is 8.42 Å². The SMILES string of the molecule is CS(=O)(=O)c1ncc(Cc2c[nH]c3ncccc23)cn1. The van der Waals surface area contributed by atoms with E-state index in [2.05, 4.69) is 19.9 Å². The van der Waals surface area contributed by atoms with Crippen LogP contribution in [0.3, 0.4) is 0 Å². The predicted octanol–water partition coefficient (Wildman–Crippen LogP) is 1.35. The Hall–Kier alpha value is -2.28. The van der Waals surface area contributed by atoms with E-state index in [1.807, 2.05) is 18.3 Å². The van der Waals surface area contributed by atoms with Gasteiger partial charge < -0.3 is 4.98 Å². The molecule has 3 rings (SSSR count). The van der Waals surface area contributed by atoms with Crippen LogP contribution in [0, 0.1) is 0 Å². The van der Waals surface area contributed by atoms with Crippen LogP contribution in [0.5, 0.6) is 0 Å². The predicted molar refractivity (Wildman–Crippen MR) is 74.0 cm³/mol. The average Bonchev–Trinajstić information content (AvgIpc) is 2.82. The van der Waals surface area contributed by atoms with Crippen LogP contribution in [0.1, 0.15) is 11.1 Å². The molecule has 3 heterocycles. The second-order valence-electron chi connectivity index (χ2n) is 4.54. The van der Waals surface area contributed by atoms with Crippen molar-refractivity contribution in [2.24, 2.45) is 0 Å². The topological polar surface area (TPSA) is 88.6 Å². The van der Waals surface area contributed by atoms with Crippen LogP contribution in [0.15, 0.2) is 42.1 Å². The molecule has 7 heteroatoms. The molecule has 1 N–H and O–H groups in total. The molecule has 0 unspecified atom stereocenters. The van der Waals surface area contributed by atoms with E-state index in [-0.39, 0.29) is 5.16 Å². The maximum absolute atomic E-state index is 11.3. The van der Waals surface area contributed by atoms with Gasteiger partial charge in [-0.1, -0.05) is 0 Å². The van der Waals surface area contributed by atoms with Gasteiger partial charge in [0.1, 0.15) is 5.65 Å². The largest absolute Gasteiger partial charge is 0.346 e. The lowest BCUT2D eigenvalue weighted by Gasteiger charge is -2.01. The number of fused-ring (bicyclic) bond motifs is 1. The second-order valence-corrected chi connectivity index (χ2v) is 6.45. The van der Waals surface area contributed by atoms with E-state index in [4.69, 9.17) is 0 Å². The first-order valence-electron chi connectivity index (χ1n) is 5.96. The van der Waals surface area contributed by atoms with Crippen molar-refractivity contribution in [1.29, 1.82) is 0 Å². The fraction of sp³-hybridized carbons (Fsp3) is 0.154. The van der Waals surface area contributed by atoms with Crippen LogP contribution < -0.4 is 0 Å². The van der Waals surface area contributed by atoms with Crippen LogP contribution in [-0.2, 0) is 16.3 Å². The van der Waals surface area contributed by atoms with Gasteiger partial charge in [0.05, 0.1) is 0 Å². The van der Waals surface area contributed by atoms with Crippen molar-refractivity contribution in [3.63, 3.8) is 0 Å². The Kier molecular flexibility index (Phi) is 2.98. The molecule has 0 amide bonds. The van der Waals surface area contributed by atoms with Crippen LogP contribution in [0.4, 0.5) is 0 Å². The molecule has 0 saturated carbocycles. The summed E-state index contributed by atoms with van der Waals surface area (Å²) in [6.07, 6.45) is 8.41. The smallest absolute Gasteiger partial charge is 0.246 e. The lowest BCUT2D eigenvalue weighted by Crippen LogP contribution is -2.04. The number of hydrogen-bond acceptors (Lipinski definition) is 5. The van der Waals surface area contributed by atoms with Crippen molar-refractivity contribution in [3.05, 3.63) is 48.0 Å². The molecule has 0 spiro atoms. The Balaban J connectivity index is 1.92. The summed E-state index contributed by atoms with van der Waals surface area (Å²) in [6, 6.07) is 3.86. The zero-order chi connectivity index (χ0) is 14.2. The van der Waals surface area contributed by atoms with Gasteiger partial charge >= 0.3 is 0 Å². The standard InChI is InChI=1S/C13H12N4O2S/c1-20(18,19)13-16-6-9(7-17-13)5-10-8-15-12-11(10)3-2-4-14-12/h2-4,6-8H,5H2,1H3,(H,14,15). The number of aromatic amines is 1. The van der Waals surface area contributed by atoms with Gasteiger partial charge in [-0.3, -0.25) is 0 Å². The Bertz CT molecular complexity index is 853. The van der Waals surface area contributed by atoms with Gasteiger partial charge in [-0.25, -0.2) is 23.4 Å². The summed E-state index contributed by atoms with van der Waals surface area (Å²) in [5, 5.41) is 0.890. The summed E-state index contributed by atoms with van der Waals surface area (Å²) in [5.74, 6) is 0. The number of hydrogen-bond donors (Lipinski definition) is 1. The molecule has 0 bridgehead atoms. The van der Waals surface area contributed by atoms with E-state index in [1.165, 1.54) is 0 Å². The van der Waals surface area contributed by atoms with Crippen molar-refractivity contribution in [2.75, 3.05) is 6.26 Å². The molecule has 3 aromatic heterocycles. The van der Waals surface area contributed by atoms with Crippen LogP contribution >= 0.6 is 0 Å². The number of nitrogens with one attached hydrogen (secondary N) is 1. The van der Waals surface area contributed by atoms with E-state index in [9.17, 15) is 8.42 Å². The number of pyridine rings is 1. The quantitative estimate of drug-likeness (QED) is 0.735. The number of rotatable bonds is 3. The monoisotopic (exact) mass is 288 g/mol. The highest BCUT2D eigenvalue weighted by molar-refractivity contribution is 7.90. The molecule has 20 heavy (non-hydrogen) atoms. The van der Waals surface area contributed by atoms with E-state index < -0.39 is 9.84 Å². The van der Waals surface area contributed by atoms with Gasteiger partial charge in [-0.05, 0) is 23.3 Å². The lowest BCUT2D eigenvalue weighted by molar-refractivity contribution is 0.592. The molecule has 0 atom stereocenters. The summed E-state index contributed by atoms with van der Waals surface area (Å²) in [4.78, 5) is 15.1. The molecule has 0 aliphatic heterocycles. The minimum atomic E-state index is -3.35. The maximum atomic E-state index is 11.3. The molecule has 6 nitrogen and oxygen atoms in total. The zero-order valence-electron chi connectivity index (χ0n) is 10.7. The molecule has 0 aromatic carbocycles. The summed E-state index contributed by atoms with van der Waals surface area (Å²) >= 11 is 0. The Morgan fingerprint density at radius 3 is 2.65 bits per heavy atom. The summed E-state index contributed by atoms with van der Waals surface area (Å²) in [5.41, 5.74) is 2.75. The third-order valence-corrected chi connectivity index (χ3v) is 3.82. The molecule has 0 radical (unpaired) electrons. The summed E-state index contributed by atoms with van der Waals surface area (Å²) in [7, 11) is -3.35. The molecule has 0 saturated heterocycles. The Morgan fingerprint density at radius 2 is 1.95 bits per heavy atom. The highest BCUT2D eigenvalue weighted by Crippen LogP contribution is 2.18. The number of nitrogens with zero attached hydrogens (tertiary/aromatic N) is 3. The molecular weight excluding hydrogens is 276 g/mol.